The number of anilines is 1. The highest BCUT2D eigenvalue weighted by Crippen LogP contribution is 2.24. The van der Waals surface area contributed by atoms with Crippen molar-refractivity contribution in [2.45, 2.75) is 13.3 Å². The number of hydrogen-bond acceptors (Lipinski definition) is 2. The van der Waals surface area contributed by atoms with Crippen LogP contribution in [-0.2, 0) is 11.2 Å². The van der Waals surface area contributed by atoms with E-state index in [1.54, 1.807) is 12.1 Å². The first-order valence-electron chi connectivity index (χ1n) is 6.55. The molecule has 0 atom stereocenters. The Hall–Kier alpha value is -1.52. The van der Waals surface area contributed by atoms with E-state index in [9.17, 15) is 4.79 Å². The monoisotopic (exact) mass is 367 g/mol. The van der Waals surface area contributed by atoms with Crippen LogP contribution in [0.3, 0.4) is 0 Å². The van der Waals surface area contributed by atoms with Crippen molar-refractivity contribution in [2.75, 3.05) is 11.9 Å². The van der Waals surface area contributed by atoms with Gasteiger partial charge in [0.15, 0.2) is 6.61 Å². The Balaban J connectivity index is 1.97. The van der Waals surface area contributed by atoms with Crippen LogP contribution in [0.2, 0.25) is 5.02 Å². The second-order valence-electron chi connectivity index (χ2n) is 4.42. The molecule has 1 amide bonds. The zero-order valence-electron chi connectivity index (χ0n) is 11.5. The van der Waals surface area contributed by atoms with Crippen LogP contribution in [0.4, 0.5) is 5.69 Å². The van der Waals surface area contributed by atoms with Gasteiger partial charge in [-0.05, 0) is 42.3 Å². The number of benzene rings is 2. The number of para-hydroxylation sites is 1. The van der Waals surface area contributed by atoms with Crippen LogP contribution in [0.25, 0.3) is 0 Å². The van der Waals surface area contributed by atoms with E-state index in [-0.39, 0.29) is 12.5 Å². The van der Waals surface area contributed by atoms with E-state index in [1.165, 1.54) is 0 Å². The molecule has 0 aromatic heterocycles. The summed E-state index contributed by atoms with van der Waals surface area (Å²) in [7, 11) is 0. The fourth-order valence-electron chi connectivity index (χ4n) is 1.86. The van der Waals surface area contributed by atoms with Gasteiger partial charge >= 0.3 is 0 Å². The summed E-state index contributed by atoms with van der Waals surface area (Å²) in [5.74, 6) is 0.475. The molecule has 21 heavy (non-hydrogen) atoms. The fourth-order valence-corrected chi connectivity index (χ4v) is 2.45. The molecule has 0 spiro atoms. The van der Waals surface area contributed by atoms with Crippen molar-refractivity contribution < 1.29 is 9.53 Å². The van der Waals surface area contributed by atoms with Crippen LogP contribution in [0.15, 0.2) is 46.9 Å². The van der Waals surface area contributed by atoms with Crippen molar-refractivity contribution in [3.63, 3.8) is 0 Å². The SMILES string of the molecule is CCc1cc(Br)ccc1OCC(=O)Nc1ccccc1Cl. The molecule has 0 aliphatic rings. The molecular formula is C16H15BrClNO2. The Morgan fingerprint density at radius 3 is 2.76 bits per heavy atom. The van der Waals surface area contributed by atoms with E-state index in [1.807, 2.05) is 37.3 Å². The average molecular weight is 369 g/mol. The van der Waals surface area contributed by atoms with Crippen molar-refractivity contribution >= 4 is 39.1 Å². The van der Waals surface area contributed by atoms with Crippen LogP contribution < -0.4 is 10.1 Å². The highest BCUT2D eigenvalue weighted by Gasteiger charge is 2.08. The van der Waals surface area contributed by atoms with E-state index in [4.69, 9.17) is 16.3 Å². The molecule has 3 nitrogen and oxygen atoms in total. The average Bonchev–Trinajstić information content (AvgIpc) is 2.48. The topological polar surface area (TPSA) is 38.3 Å². The van der Waals surface area contributed by atoms with Crippen molar-refractivity contribution in [2.24, 2.45) is 0 Å². The van der Waals surface area contributed by atoms with Crippen LogP contribution >= 0.6 is 27.5 Å². The first kappa shape index (κ1) is 15.9. The summed E-state index contributed by atoms with van der Waals surface area (Å²) in [4.78, 5) is 11.9. The third kappa shape index (κ3) is 4.48. The van der Waals surface area contributed by atoms with E-state index in [0.29, 0.717) is 10.7 Å². The second kappa shape index (κ2) is 7.48. The van der Waals surface area contributed by atoms with Crippen LogP contribution in [0, 0.1) is 0 Å². The van der Waals surface area contributed by atoms with Crippen molar-refractivity contribution in [1.29, 1.82) is 0 Å². The normalized spacial score (nSPS) is 10.2. The standard InChI is InChI=1S/C16H15BrClNO2/c1-2-11-9-12(17)7-8-15(11)21-10-16(20)19-14-6-4-3-5-13(14)18/h3-9H,2,10H2,1H3,(H,19,20). The molecule has 0 saturated heterocycles. The lowest BCUT2D eigenvalue weighted by Gasteiger charge is -2.11. The number of rotatable bonds is 5. The van der Waals surface area contributed by atoms with Crippen molar-refractivity contribution in [3.05, 3.63) is 57.5 Å². The number of ether oxygens (including phenoxy) is 1. The van der Waals surface area contributed by atoms with Gasteiger partial charge in [-0.1, -0.05) is 46.6 Å². The van der Waals surface area contributed by atoms with Gasteiger partial charge in [0.2, 0.25) is 0 Å². The molecule has 0 radical (unpaired) electrons. The Bertz CT molecular complexity index is 646. The van der Waals surface area contributed by atoms with Gasteiger partial charge in [0, 0.05) is 4.47 Å². The van der Waals surface area contributed by atoms with Crippen molar-refractivity contribution in [1.82, 2.24) is 0 Å². The Morgan fingerprint density at radius 2 is 2.05 bits per heavy atom. The van der Waals surface area contributed by atoms with Crippen LogP contribution in [0.1, 0.15) is 12.5 Å². The summed E-state index contributed by atoms with van der Waals surface area (Å²) >= 11 is 9.41. The molecule has 0 saturated carbocycles. The minimum absolute atomic E-state index is 0.0557. The van der Waals surface area contributed by atoms with E-state index in [2.05, 4.69) is 21.2 Å². The number of carbonyl (C=O) groups is 1. The maximum atomic E-state index is 11.9. The second-order valence-corrected chi connectivity index (χ2v) is 5.75. The third-order valence-electron chi connectivity index (χ3n) is 2.91. The Kier molecular flexibility index (Phi) is 5.65. The fraction of sp³-hybridized carbons (Fsp3) is 0.188. The summed E-state index contributed by atoms with van der Waals surface area (Å²) in [6, 6.07) is 12.8. The van der Waals surface area contributed by atoms with Gasteiger partial charge in [0.05, 0.1) is 10.7 Å². The highest BCUT2D eigenvalue weighted by atomic mass is 79.9. The van der Waals surface area contributed by atoms with Crippen molar-refractivity contribution in [3.8, 4) is 5.75 Å². The minimum Gasteiger partial charge on any atom is -0.483 e. The highest BCUT2D eigenvalue weighted by molar-refractivity contribution is 9.10. The van der Waals surface area contributed by atoms with Gasteiger partial charge in [-0.3, -0.25) is 4.79 Å². The molecule has 2 rings (SSSR count). The Morgan fingerprint density at radius 1 is 1.29 bits per heavy atom. The zero-order chi connectivity index (χ0) is 15.2. The maximum Gasteiger partial charge on any atom is 0.262 e. The van der Waals surface area contributed by atoms with Gasteiger partial charge in [0.1, 0.15) is 5.75 Å². The van der Waals surface area contributed by atoms with Gasteiger partial charge < -0.3 is 10.1 Å². The van der Waals surface area contributed by atoms with Gasteiger partial charge in [-0.2, -0.15) is 0 Å². The molecule has 1 N–H and O–H groups in total. The molecule has 0 aliphatic heterocycles. The summed E-state index contributed by atoms with van der Waals surface area (Å²) < 4.78 is 6.57. The molecular weight excluding hydrogens is 354 g/mol. The zero-order valence-corrected chi connectivity index (χ0v) is 13.9. The summed E-state index contributed by atoms with van der Waals surface area (Å²) in [5, 5.41) is 3.23. The van der Waals surface area contributed by atoms with Gasteiger partial charge in [-0.25, -0.2) is 0 Å². The molecule has 110 valence electrons. The number of hydrogen-bond donors (Lipinski definition) is 1. The lowest BCUT2D eigenvalue weighted by Crippen LogP contribution is -2.20. The molecule has 0 fully saturated rings. The number of amides is 1. The number of nitrogens with one attached hydrogen (secondary N) is 1. The largest absolute Gasteiger partial charge is 0.483 e. The predicted molar refractivity (Wildman–Crippen MR) is 89.1 cm³/mol. The van der Waals surface area contributed by atoms with E-state index < -0.39 is 0 Å². The molecule has 2 aromatic rings. The summed E-state index contributed by atoms with van der Waals surface area (Å²) in [6.45, 7) is 1.98. The number of aryl methyl sites for hydroxylation is 1. The van der Waals surface area contributed by atoms with Gasteiger partial charge in [0.25, 0.3) is 5.91 Å². The van der Waals surface area contributed by atoms with E-state index in [0.717, 1.165) is 22.2 Å². The van der Waals surface area contributed by atoms with E-state index >= 15 is 0 Å². The molecule has 0 unspecified atom stereocenters. The van der Waals surface area contributed by atoms with Gasteiger partial charge in [-0.15, -0.1) is 0 Å². The summed E-state index contributed by atoms with van der Waals surface area (Å²) in [6.07, 6.45) is 0.834. The predicted octanol–water partition coefficient (Wildman–Crippen LogP) is 4.68. The summed E-state index contributed by atoms with van der Waals surface area (Å²) in [5.41, 5.74) is 1.63. The molecule has 0 bridgehead atoms. The molecule has 2 aromatic carbocycles. The number of halogens is 2. The van der Waals surface area contributed by atoms with Crippen LogP contribution in [0.5, 0.6) is 5.75 Å². The first-order chi connectivity index (χ1) is 10.1. The first-order valence-corrected chi connectivity index (χ1v) is 7.73. The molecule has 5 heteroatoms. The molecule has 0 aliphatic carbocycles. The molecule has 0 heterocycles. The van der Waals surface area contributed by atoms with Crippen LogP contribution in [-0.4, -0.2) is 12.5 Å². The maximum absolute atomic E-state index is 11.9. The number of carbonyl (C=O) groups excluding carboxylic acids is 1. The quantitative estimate of drug-likeness (QED) is 0.832. The lowest BCUT2D eigenvalue weighted by molar-refractivity contribution is -0.118. The smallest absolute Gasteiger partial charge is 0.262 e. The Labute approximate surface area is 137 Å². The third-order valence-corrected chi connectivity index (χ3v) is 3.73. The minimum atomic E-state index is -0.243. The lowest BCUT2D eigenvalue weighted by atomic mass is 10.1.